The van der Waals surface area contributed by atoms with E-state index >= 15 is 0 Å². The van der Waals surface area contributed by atoms with Crippen LogP contribution in [-0.2, 0) is 10.0 Å². The summed E-state index contributed by atoms with van der Waals surface area (Å²) < 4.78 is 39.1. The molecule has 0 saturated heterocycles. The Morgan fingerprint density at radius 1 is 0.946 bits per heavy atom. The minimum atomic E-state index is -3.72. The second-order valence-corrected chi connectivity index (χ2v) is 11.0. The molecule has 0 bridgehead atoms. The third-order valence-corrected chi connectivity index (χ3v) is 8.22. The second-order valence-electron chi connectivity index (χ2n) is 9.26. The Hall–Kier alpha value is -3.15. The van der Waals surface area contributed by atoms with Crippen LogP contribution in [-0.4, -0.2) is 58.8 Å². The van der Waals surface area contributed by atoms with Crippen molar-refractivity contribution in [3.8, 4) is 11.5 Å². The average Bonchev–Trinajstić information content (AvgIpc) is 2.93. The first-order valence-corrected chi connectivity index (χ1v) is 14.1. The lowest BCUT2D eigenvalue weighted by molar-refractivity contribution is 0.284. The van der Waals surface area contributed by atoms with Gasteiger partial charge >= 0.3 is 0 Å². The van der Waals surface area contributed by atoms with Crippen LogP contribution in [0.2, 0.25) is 0 Å². The Kier molecular flexibility index (Phi) is 9.01. The van der Waals surface area contributed by atoms with Crippen molar-refractivity contribution in [2.45, 2.75) is 30.6 Å². The molecule has 1 fully saturated rings. The Balaban J connectivity index is 1.30. The molecule has 0 amide bonds. The first-order chi connectivity index (χ1) is 17.9. The number of anilines is 2. The number of methoxy groups -OCH3 is 2. The molecule has 0 radical (unpaired) electrons. The molecule has 0 spiro atoms. The summed E-state index contributed by atoms with van der Waals surface area (Å²) in [5.41, 5.74) is 6.53. The minimum absolute atomic E-state index is 0.0861. The SMILES string of the molecule is COc1ccc(OC)c(S(=O)(=O)NC[C@H]2CC[C@H](CNc3nc(NCCN)c4ccccc4n3)CC2)c1. The van der Waals surface area contributed by atoms with Crippen molar-refractivity contribution in [2.24, 2.45) is 17.6 Å². The van der Waals surface area contributed by atoms with Crippen LogP contribution in [0.3, 0.4) is 0 Å². The lowest BCUT2D eigenvalue weighted by Crippen LogP contribution is -2.32. The number of sulfonamides is 1. The number of hydrogen-bond acceptors (Lipinski definition) is 9. The monoisotopic (exact) mass is 528 g/mol. The van der Waals surface area contributed by atoms with Crippen LogP contribution >= 0.6 is 0 Å². The van der Waals surface area contributed by atoms with Crippen LogP contribution in [0.25, 0.3) is 10.9 Å². The third-order valence-electron chi connectivity index (χ3n) is 6.78. The van der Waals surface area contributed by atoms with Gasteiger partial charge in [0.2, 0.25) is 16.0 Å². The lowest BCUT2D eigenvalue weighted by atomic mass is 9.82. The van der Waals surface area contributed by atoms with E-state index in [1.54, 1.807) is 12.1 Å². The van der Waals surface area contributed by atoms with Crippen LogP contribution in [0.15, 0.2) is 47.4 Å². The quantitative estimate of drug-likeness (QED) is 0.279. The van der Waals surface area contributed by atoms with Gasteiger partial charge < -0.3 is 25.8 Å². The molecule has 5 N–H and O–H groups in total. The number of ether oxygens (including phenoxy) is 2. The van der Waals surface area contributed by atoms with Gasteiger partial charge in [0.1, 0.15) is 22.2 Å². The van der Waals surface area contributed by atoms with Gasteiger partial charge in [-0.05, 0) is 61.8 Å². The molecule has 1 saturated carbocycles. The molecule has 200 valence electrons. The Morgan fingerprint density at radius 3 is 2.38 bits per heavy atom. The van der Waals surface area contributed by atoms with E-state index in [2.05, 4.69) is 25.3 Å². The number of nitrogens with zero attached hydrogens (tertiary/aromatic N) is 2. The molecule has 1 heterocycles. The van der Waals surface area contributed by atoms with Gasteiger partial charge in [-0.25, -0.2) is 18.1 Å². The number of aromatic nitrogens is 2. The maximum absolute atomic E-state index is 13.0. The fourth-order valence-corrected chi connectivity index (χ4v) is 5.95. The molecule has 37 heavy (non-hydrogen) atoms. The molecular formula is C26H36N6O4S. The van der Waals surface area contributed by atoms with E-state index in [1.807, 2.05) is 24.3 Å². The molecule has 11 heteroatoms. The molecule has 2 aromatic carbocycles. The number of nitrogens with one attached hydrogen (secondary N) is 3. The second kappa shape index (κ2) is 12.4. The predicted molar refractivity (Wildman–Crippen MR) is 146 cm³/mol. The van der Waals surface area contributed by atoms with E-state index in [4.69, 9.17) is 15.2 Å². The van der Waals surface area contributed by atoms with Crippen LogP contribution in [0.5, 0.6) is 11.5 Å². The Labute approximate surface area is 218 Å². The maximum atomic E-state index is 13.0. The van der Waals surface area contributed by atoms with Crippen molar-refractivity contribution in [3.63, 3.8) is 0 Å². The van der Waals surface area contributed by atoms with Crippen molar-refractivity contribution in [3.05, 3.63) is 42.5 Å². The first-order valence-electron chi connectivity index (χ1n) is 12.6. The molecule has 1 aromatic heterocycles. The van der Waals surface area contributed by atoms with Gasteiger partial charge in [-0.15, -0.1) is 0 Å². The number of para-hydroxylation sites is 1. The summed E-state index contributed by atoms with van der Waals surface area (Å²) in [5.74, 6) is 2.89. The zero-order valence-electron chi connectivity index (χ0n) is 21.4. The molecule has 0 atom stereocenters. The lowest BCUT2D eigenvalue weighted by Gasteiger charge is -2.28. The Bertz CT molecular complexity index is 1300. The van der Waals surface area contributed by atoms with Gasteiger partial charge in [-0.2, -0.15) is 4.98 Å². The molecule has 0 unspecified atom stereocenters. The molecule has 1 aliphatic carbocycles. The van der Waals surface area contributed by atoms with Crippen molar-refractivity contribution in [1.82, 2.24) is 14.7 Å². The first kappa shape index (κ1) is 26.9. The van der Waals surface area contributed by atoms with Crippen LogP contribution in [0, 0.1) is 11.8 Å². The normalized spacial score (nSPS) is 17.9. The van der Waals surface area contributed by atoms with E-state index in [0.29, 0.717) is 43.0 Å². The summed E-state index contributed by atoms with van der Waals surface area (Å²) in [6, 6.07) is 12.7. The maximum Gasteiger partial charge on any atom is 0.244 e. The van der Waals surface area contributed by atoms with Gasteiger partial charge in [0.25, 0.3) is 0 Å². The number of rotatable bonds is 12. The molecule has 10 nitrogen and oxygen atoms in total. The van der Waals surface area contributed by atoms with Gasteiger partial charge in [-0.1, -0.05) is 12.1 Å². The summed E-state index contributed by atoms with van der Waals surface area (Å²) in [6.45, 7) is 2.33. The van der Waals surface area contributed by atoms with E-state index in [1.165, 1.54) is 20.3 Å². The highest BCUT2D eigenvalue weighted by molar-refractivity contribution is 7.89. The standard InChI is InChI=1S/C26H36N6O4S/c1-35-20-11-12-23(36-2)24(15-20)37(33,34)30-17-19-9-7-18(8-10-19)16-29-26-31-22-6-4-3-5-21(22)25(32-26)28-14-13-27/h3-6,11-12,15,18-19,30H,7-10,13-14,16-17,27H2,1-2H3,(H2,28,29,31,32)/t18-,19-. The largest absolute Gasteiger partial charge is 0.497 e. The summed E-state index contributed by atoms with van der Waals surface area (Å²) in [4.78, 5) is 9.42. The van der Waals surface area contributed by atoms with Crippen molar-refractivity contribution in [2.75, 3.05) is 51.0 Å². The van der Waals surface area contributed by atoms with Crippen molar-refractivity contribution >= 4 is 32.7 Å². The fourth-order valence-electron chi connectivity index (χ4n) is 4.66. The van der Waals surface area contributed by atoms with E-state index in [-0.39, 0.29) is 10.8 Å². The summed E-state index contributed by atoms with van der Waals surface area (Å²) >= 11 is 0. The number of nitrogens with two attached hydrogens (primary N) is 1. The highest BCUT2D eigenvalue weighted by Crippen LogP contribution is 2.31. The number of fused-ring (bicyclic) bond motifs is 1. The van der Waals surface area contributed by atoms with Crippen LogP contribution < -0.4 is 30.6 Å². The molecule has 1 aliphatic rings. The van der Waals surface area contributed by atoms with E-state index < -0.39 is 10.0 Å². The van der Waals surface area contributed by atoms with Gasteiger partial charge in [0.15, 0.2) is 0 Å². The third kappa shape index (κ3) is 6.79. The molecule has 0 aliphatic heterocycles. The van der Waals surface area contributed by atoms with E-state index in [0.717, 1.165) is 48.9 Å². The van der Waals surface area contributed by atoms with Crippen LogP contribution in [0.1, 0.15) is 25.7 Å². The van der Waals surface area contributed by atoms with Crippen molar-refractivity contribution in [1.29, 1.82) is 0 Å². The average molecular weight is 529 g/mol. The molecule has 3 aromatic rings. The Morgan fingerprint density at radius 2 is 1.68 bits per heavy atom. The smallest absolute Gasteiger partial charge is 0.244 e. The number of benzene rings is 2. The molecular weight excluding hydrogens is 492 g/mol. The highest BCUT2D eigenvalue weighted by atomic mass is 32.2. The van der Waals surface area contributed by atoms with Gasteiger partial charge in [0.05, 0.1) is 19.7 Å². The van der Waals surface area contributed by atoms with Gasteiger partial charge in [0, 0.05) is 37.6 Å². The summed E-state index contributed by atoms with van der Waals surface area (Å²) in [7, 11) is -0.764. The highest BCUT2D eigenvalue weighted by Gasteiger charge is 2.25. The summed E-state index contributed by atoms with van der Waals surface area (Å²) in [5, 5.41) is 7.66. The predicted octanol–water partition coefficient (Wildman–Crippen LogP) is 3.21. The van der Waals surface area contributed by atoms with Crippen molar-refractivity contribution < 1.29 is 17.9 Å². The zero-order valence-corrected chi connectivity index (χ0v) is 22.2. The minimum Gasteiger partial charge on any atom is -0.497 e. The number of hydrogen-bond donors (Lipinski definition) is 4. The molecule has 4 rings (SSSR count). The van der Waals surface area contributed by atoms with Gasteiger partial charge in [-0.3, -0.25) is 0 Å². The van der Waals surface area contributed by atoms with Crippen LogP contribution in [0.4, 0.5) is 11.8 Å². The fraction of sp³-hybridized carbons (Fsp3) is 0.462. The summed E-state index contributed by atoms with van der Waals surface area (Å²) in [6.07, 6.45) is 3.92. The van der Waals surface area contributed by atoms with E-state index in [9.17, 15) is 8.42 Å². The topological polar surface area (TPSA) is 140 Å². The zero-order chi connectivity index (χ0) is 26.3.